The molecule has 1 aromatic rings. The van der Waals surface area contributed by atoms with Crippen molar-refractivity contribution in [2.75, 3.05) is 40.3 Å². The largest absolute Gasteiger partial charge is 0.306 e. The first-order chi connectivity index (χ1) is 9.17. The molecule has 0 saturated carbocycles. The Balaban J connectivity index is 1.68. The number of hydrogen-bond acceptors (Lipinski definition) is 4. The number of hydrogen-bond donors (Lipinski definition) is 0. The van der Waals surface area contributed by atoms with Crippen LogP contribution in [0.1, 0.15) is 23.5 Å². The van der Waals surface area contributed by atoms with E-state index in [1.165, 1.54) is 37.5 Å². The van der Waals surface area contributed by atoms with E-state index in [4.69, 9.17) is 11.6 Å². The van der Waals surface area contributed by atoms with Gasteiger partial charge in [0.05, 0.1) is 16.6 Å². The zero-order valence-corrected chi connectivity index (χ0v) is 13.5. The van der Waals surface area contributed by atoms with Crippen molar-refractivity contribution in [1.29, 1.82) is 0 Å². The highest BCUT2D eigenvalue weighted by molar-refractivity contribution is 7.09. The van der Waals surface area contributed by atoms with Gasteiger partial charge < -0.3 is 9.80 Å². The number of aromatic nitrogens is 1. The number of alkyl halides is 1. The summed E-state index contributed by atoms with van der Waals surface area (Å²) in [7, 11) is 4.45. The standard InChI is InChI=1S/C14H24ClN3S/c1-17-6-3-12(4-7-17)10-18(2)8-5-14-16-13(9-15)11-19-14/h11-12H,3-10H2,1-2H3. The molecule has 0 bridgehead atoms. The van der Waals surface area contributed by atoms with Gasteiger partial charge in [0.15, 0.2) is 0 Å². The van der Waals surface area contributed by atoms with Gasteiger partial charge in [-0.1, -0.05) is 0 Å². The highest BCUT2D eigenvalue weighted by Gasteiger charge is 2.18. The van der Waals surface area contributed by atoms with E-state index in [0.717, 1.165) is 24.6 Å². The first-order valence-electron chi connectivity index (χ1n) is 7.03. The van der Waals surface area contributed by atoms with Gasteiger partial charge in [-0.25, -0.2) is 4.98 Å². The summed E-state index contributed by atoms with van der Waals surface area (Å²) in [6.45, 7) is 4.83. The summed E-state index contributed by atoms with van der Waals surface area (Å²) in [6, 6.07) is 0. The summed E-state index contributed by atoms with van der Waals surface area (Å²) in [5.74, 6) is 1.40. The summed E-state index contributed by atoms with van der Waals surface area (Å²) in [5, 5.41) is 3.28. The average molecular weight is 302 g/mol. The normalized spacial score (nSPS) is 18.3. The van der Waals surface area contributed by atoms with E-state index in [-0.39, 0.29) is 0 Å². The number of likely N-dealkylation sites (tertiary alicyclic amines) is 1. The van der Waals surface area contributed by atoms with Crippen molar-refractivity contribution >= 4 is 22.9 Å². The zero-order chi connectivity index (χ0) is 13.7. The van der Waals surface area contributed by atoms with Crippen LogP contribution in [0.2, 0.25) is 0 Å². The summed E-state index contributed by atoms with van der Waals surface area (Å²) < 4.78 is 0. The van der Waals surface area contributed by atoms with Gasteiger partial charge in [-0.05, 0) is 45.9 Å². The van der Waals surface area contributed by atoms with Crippen molar-refractivity contribution < 1.29 is 0 Å². The quantitative estimate of drug-likeness (QED) is 0.753. The van der Waals surface area contributed by atoms with Crippen LogP contribution in [-0.2, 0) is 12.3 Å². The summed E-state index contributed by atoms with van der Waals surface area (Å²) >= 11 is 7.51. The molecule has 1 aliphatic rings. The molecule has 0 atom stereocenters. The number of likely N-dealkylation sites (N-methyl/N-ethyl adjacent to an activating group) is 1. The maximum absolute atomic E-state index is 5.77. The lowest BCUT2D eigenvalue weighted by Gasteiger charge is -2.31. The molecule has 0 N–H and O–H groups in total. The third-order valence-electron chi connectivity index (χ3n) is 3.85. The Morgan fingerprint density at radius 1 is 1.47 bits per heavy atom. The number of thiazole rings is 1. The van der Waals surface area contributed by atoms with Crippen LogP contribution >= 0.6 is 22.9 Å². The molecule has 1 aromatic heterocycles. The van der Waals surface area contributed by atoms with Gasteiger partial charge in [0.1, 0.15) is 0 Å². The highest BCUT2D eigenvalue weighted by Crippen LogP contribution is 2.17. The second-order valence-electron chi connectivity index (χ2n) is 5.63. The fourth-order valence-electron chi connectivity index (χ4n) is 2.59. The third-order valence-corrected chi connectivity index (χ3v) is 5.08. The maximum Gasteiger partial charge on any atom is 0.0941 e. The zero-order valence-electron chi connectivity index (χ0n) is 11.9. The van der Waals surface area contributed by atoms with E-state index in [1.807, 2.05) is 0 Å². The molecule has 0 unspecified atom stereocenters. The second-order valence-corrected chi connectivity index (χ2v) is 6.84. The first-order valence-corrected chi connectivity index (χ1v) is 8.45. The summed E-state index contributed by atoms with van der Waals surface area (Å²) in [4.78, 5) is 9.40. The molecule has 0 radical (unpaired) electrons. The van der Waals surface area contributed by atoms with Crippen LogP contribution in [0.5, 0.6) is 0 Å². The van der Waals surface area contributed by atoms with E-state index in [9.17, 15) is 0 Å². The number of nitrogens with zero attached hydrogens (tertiary/aromatic N) is 3. The van der Waals surface area contributed by atoms with E-state index in [2.05, 4.69) is 34.3 Å². The molecule has 1 saturated heterocycles. The molecule has 1 aliphatic heterocycles. The Bertz CT molecular complexity index is 375. The van der Waals surface area contributed by atoms with Crippen LogP contribution in [0.3, 0.4) is 0 Å². The molecule has 2 heterocycles. The van der Waals surface area contributed by atoms with Crippen LogP contribution < -0.4 is 0 Å². The van der Waals surface area contributed by atoms with Gasteiger partial charge in [-0.2, -0.15) is 0 Å². The molecule has 19 heavy (non-hydrogen) atoms. The van der Waals surface area contributed by atoms with Crippen molar-refractivity contribution in [3.05, 3.63) is 16.1 Å². The number of rotatable bonds is 6. The van der Waals surface area contributed by atoms with Crippen molar-refractivity contribution in [3.8, 4) is 0 Å². The minimum Gasteiger partial charge on any atom is -0.306 e. The minimum absolute atomic E-state index is 0.530. The van der Waals surface area contributed by atoms with Crippen LogP contribution in [0.25, 0.3) is 0 Å². The number of piperidine rings is 1. The third kappa shape index (κ3) is 5.03. The molecule has 0 aliphatic carbocycles. The van der Waals surface area contributed by atoms with Crippen molar-refractivity contribution in [1.82, 2.24) is 14.8 Å². The Morgan fingerprint density at radius 2 is 2.21 bits per heavy atom. The molecule has 5 heteroatoms. The van der Waals surface area contributed by atoms with Crippen LogP contribution in [0.4, 0.5) is 0 Å². The predicted octanol–water partition coefficient (Wildman–Crippen LogP) is 2.70. The van der Waals surface area contributed by atoms with Crippen LogP contribution in [0.15, 0.2) is 5.38 Å². The monoisotopic (exact) mass is 301 g/mol. The van der Waals surface area contributed by atoms with E-state index >= 15 is 0 Å². The molecular weight excluding hydrogens is 278 g/mol. The summed E-state index contributed by atoms with van der Waals surface area (Å²) in [6.07, 6.45) is 3.73. The van der Waals surface area contributed by atoms with Crippen LogP contribution in [-0.4, -0.2) is 55.1 Å². The van der Waals surface area contributed by atoms with Crippen molar-refractivity contribution in [3.63, 3.8) is 0 Å². The molecule has 1 fully saturated rings. The molecule has 2 rings (SSSR count). The lowest BCUT2D eigenvalue weighted by atomic mass is 9.97. The molecule has 0 amide bonds. The second kappa shape index (κ2) is 7.58. The van der Waals surface area contributed by atoms with Gasteiger partial charge >= 0.3 is 0 Å². The van der Waals surface area contributed by atoms with Gasteiger partial charge in [0, 0.05) is 24.9 Å². The predicted molar refractivity (Wildman–Crippen MR) is 83.1 cm³/mol. The van der Waals surface area contributed by atoms with E-state index in [1.54, 1.807) is 11.3 Å². The molecule has 0 aromatic carbocycles. The van der Waals surface area contributed by atoms with Gasteiger partial charge in [0.25, 0.3) is 0 Å². The van der Waals surface area contributed by atoms with Gasteiger partial charge in [-0.15, -0.1) is 22.9 Å². The Labute approximate surface area is 125 Å². The lowest BCUT2D eigenvalue weighted by molar-refractivity contribution is 0.177. The topological polar surface area (TPSA) is 19.4 Å². The smallest absolute Gasteiger partial charge is 0.0941 e. The van der Waals surface area contributed by atoms with Crippen LogP contribution in [0, 0.1) is 5.92 Å². The Morgan fingerprint density at radius 3 is 2.84 bits per heavy atom. The fourth-order valence-corrected chi connectivity index (χ4v) is 3.60. The number of halogens is 1. The fraction of sp³-hybridized carbons (Fsp3) is 0.786. The SMILES string of the molecule is CN1CCC(CN(C)CCc2nc(CCl)cs2)CC1. The highest BCUT2D eigenvalue weighted by atomic mass is 35.5. The molecule has 3 nitrogen and oxygen atoms in total. The minimum atomic E-state index is 0.530. The maximum atomic E-state index is 5.77. The molecular formula is C14H24ClN3S. The van der Waals surface area contributed by atoms with Crippen molar-refractivity contribution in [2.24, 2.45) is 5.92 Å². The Kier molecular flexibility index (Phi) is 6.07. The first kappa shape index (κ1) is 15.2. The van der Waals surface area contributed by atoms with E-state index < -0.39 is 0 Å². The molecule has 108 valence electrons. The average Bonchev–Trinajstić information content (AvgIpc) is 2.87. The molecule has 0 spiro atoms. The van der Waals surface area contributed by atoms with Gasteiger partial charge in [-0.3, -0.25) is 0 Å². The lowest BCUT2D eigenvalue weighted by Crippen LogP contribution is -2.36. The van der Waals surface area contributed by atoms with Gasteiger partial charge in [0.2, 0.25) is 0 Å². The Hall–Kier alpha value is -0.160. The van der Waals surface area contributed by atoms with E-state index in [0.29, 0.717) is 5.88 Å². The van der Waals surface area contributed by atoms with Crippen molar-refractivity contribution in [2.45, 2.75) is 25.1 Å². The summed E-state index contributed by atoms with van der Waals surface area (Å²) in [5.41, 5.74) is 1.01.